The highest BCUT2D eigenvalue weighted by Crippen LogP contribution is 2.03. The third-order valence-electron chi connectivity index (χ3n) is 1.85. The predicted octanol–water partition coefficient (Wildman–Crippen LogP) is -2.35. The molecule has 0 spiro atoms. The Morgan fingerprint density at radius 1 is 1.35 bits per heavy atom. The third-order valence-corrected chi connectivity index (χ3v) is 2.90. The first-order valence-corrected chi connectivity index (χ1v) is 6.27. The Bertz CT molecular complexity index is 266. The molecule has 0 heterocycles. The maximum Gasteiger partial charge on any atom is 0.153 e. The van der Waals surface area contributed by atoms with Crippen molar-refractivity contribution in [3.05, 3.63) is 0 Å². The molecule has 0 aromatic carbocycles. The maximum atomic E-state index is 9.38. The fraction of sp³-hybridized carbons (Fsp3) is 0.750. The smallest absolute Gasteiger partial charge is 0.153 e. The summed E-state index contributed by atoms with van der Waals surface area (Å²) in [6.45, 7) is -0.725. The van der Waals surface area contributed by atoms with Crippen molar-refractivity contribution in [1.82, 2.24) is 5.43 Å². The van der Waals surface area contributed by atoms with Gasteiger partial charge in [-0.2, -0.15) is 5.10 Å². The minimum absolute atomic E-state index is 0.374. The van der Waals surface area contributed by atoms with Gasteiger partial charge in [0.25, 0.3) is 0 Å². The van der Waals surface area contributed by atoms with Crippen molar-refractivity contribution in [2.24, 2.45) is 5.10 Å². The Morgan fingerprint density at radius 2 is 1.94 bits per heavy atom. The zero-order valence-corrected chi connectivity index (χ0v) is 10.7. The molecule has 0 saturated heterocycles. The number of hydrazone groups is 1. The molecule has 0 radical (unpaired) electrons. The Morgan fingerprint density at radius 3 is 2.41 bits per heavy atom. The van der Waals surface area contributed by atoms with Crippen LogP contribution in [0, 0.1) is 0 Å². The van der Waals surface area contributed by atoms with E-state index >= 15 is 0 Å². The second kappa shape index (κ2) is 8.75. The molecule has 0 bridgehead atoms. The van der Waals surface area contributed by atoms with Gasteiger partial charge < -0.3 is 25.5 Å². The summed E-state index contributed by atoms with van der Waals surface area (Å²) in [5, 5.41) is 49.2. The van der Waals surface area contributed by atoms with Gasteiger partial charge in [-0.25, -0.2) is 0 Å². The molecule has 4 atom stereocenters. The minimum atomic E-state index is -1.67. The van der Waals surface area contributed by atoms with Crippen molar-refractivity contribution in [3.63, 3.8) is 0 Å². The van der Waals surface area contributed by atoms with Crippen LogP contribution in [0.25, 0.3) is 0 Å². The largest absolute Gasteiger partial charge is 0.394 e. The molecule has 9 heteroatoms. The highest BCUT2D eigenvalue weighted by molar-refractivity contribution is 8.22. The minimum Gasteiger partial charge on any atom is -0.394 e. The Labute approximate surface area is 108 Å². The number of nitrogens with zero attached hydrogens (tertiary/aromatic N) is 1. The van der Waals surface area contributed by atoms with Crippen LogP contribution in [0.4, 0.5) is 0 Å². The van der Waals surface area contributed by atoms with Gasteiger partial charge in [-0.3, -0.25) is 5.43 Å². The predicted molar refractivity (Wildman–Crippen MR) is 68.9 cm³/mol. The molecule has 0 rings (SSSR count). The van der Waals surface area contributed by atoms with Crippen LogP contribution in [0.3, 0.4) is 0 Å². The lowest BCUT2D eigenvalue weighted by atomic mass is 10.0. The first kappa shape index (κ1) is 16.7. The second-order valence-electron chi connectivity index (χ2n) is 3.10. The first-order chi connectivity index (χ1) is 7.93. The van der Waals surface area contributed by atoms with Crippen molar-refractivity contribution >= 4 is 34.5 Å². The molecule has 0 aliphatic rings. The fourth-order valence-electron chi connectivity index (χ4n) is 0.838. The lowest BCUT2D eigenvalue weighted by Crippen LogP contribution is -2.46. The standard InChI is InChI=1S/C8H16N2O5S2/c1-17-8(16)10-9-2-4(12)6(14)7(15)5(13)3-11/h2,4-7,11-15H,3H2,1H3,(H,10,16)/b9-2-. The zero-order chi connectivity index (χ0) is 13.4. The number of aliphatic hydroxyl groups excluding tert-OH is 5. The fourth-order valence-corrected chi connectivity index (χ4v) is 1.03. The lowest BCUT2D eigenvalue weighted by Gasteiger charge is -2.23. The number of nitrogens with one attached hydrogen (secondary N) is 1. The van der Waals surface area contributed by atoms with Crippen LogP contribution in [0.2, 0.25) is 0 Å². The summed E-state index contributed by atoms with van der Waals surface area (Å²) in [4.78, 5) is 0. The molecular formula is C8H16N2O5S2. The van der Waals surface area contributed by atoms with Gasteiger partial charge in [0.2, 0.25) is 0 Å². The molecule has 0 amide bonds. The summed E-state index contributed by atoms with van der Waals surface area (Å²) in [5.74, 6) is 0. The van der Waals surface area contributed by atoms with Crippen LogP contribution in [-0.2, 0) is 0 Å². The van der Waals surface area contributed by atoms with Crippen molar-refractivity contribution < 1.29 is 25.5 Å². The van der Waals surface area contributed by atoms with E-state index in [0.29, 0.717) is 4.32 Å². The monoisotopic (exact) mass is 284 g/mol. The first-order valence-electron chi connectivity index (χ1n) is 4.64. The lowest BCUT2D eigenvalue weighted by molar-refractivity contribution is -0.0999. The second-order valence-corrected chi connectivity index (χ2v) is 4.59. The molecule has 4 unspecified atom stereocenters. The third kappa shape index (κ3) is 6.27. The number of aliphatic hydroxyl groups is 5. The SMILES string of the molecule is CSC(=S)N/N=C\C(O)C(O)C(O)C(O)CO. The quantitative estimate of drug-likeness (QED) is 0.182. The van der Waals surface area contributed by atoms with Gasteiger partial charge in [0.15, 0.2) is 4.32 Å². The van der Waals surface area contributed by atoms with Crippen molar-refractivity contribution in [1.29, 1.82) is 0 Å². The number of thiocarbonyl (C=S) groups is 1. The van der Waals surface area contributed by atoms with Crippen molar-refractivity contribution in [2.75, 3.05) is 12.9 Å². The summed E-state index contributed by atoms with van der Waals surface area (Å²) in [6.07, 6.45) is -3.70. The number of rotatable bonds is 6. The van der Waals surface area contributed by atoms with E-state index in [-0.39, 0.29) is 0 Å². The van der Waals surface area contributed by atoms with E-state index in [1.165, 1.54) is 11.8 Å². The maximum absolute atomic E-state index is 9.38. The normalized spacial score (nSPS) is 18.7. The summed E-state index contributed by atoms with van der Waals surface area (Å²) >= 11 is 6.00. The Balaban J connectivity index is 4.21. The van der Waals surface area contributed by atoms with Gasteiger partial charge in [0.1, 0.15) is 24.4 Å². The summed E-state index contributed by atoms with van der Waals surface area (Å²) < 4.78 is 0.374. The highest BCUT2D eigenvalue weighted by Gasteiger charge is 2.29. The number of hydrogen-bond acceptors (Lipinski definition) is 8. The molecule has 0 fully saturated rings. The molecule has 100 valence electrons. The molecule has 6 N–H and O–H groups in total. The van der Waals surface area contributed by atoms with Crippen molar-refractivity contribution in [3.8, 4) is 0 Å². The molecule has 0 aromatic rings. The van der Waals surface area contributed by atoms with E-state index in [1.807, 2.05) is 0 Å². The van der Waals surface area contributed by atoms with Crippen LogP contribution in [0.1, 0.15) is 0 Å². The van der Waals surface area contributed by atoms with E-state index in [0.717, 1.165) is 6.21 Å². The van der Waals surface area contributed by atoms with Gasteiger partial charge >= 0.3 is 0 Å². The molecule has 0 aromatic heterocycles. The number of hydrogen-bond donors (Lipinski definition) is 6. The molecule has 17 heavy (non-hydrogen) atoms. The summed E-state index contributed by atoms with van der Waals surface area (Å²) in [7, 11) is 0. The van der Waals surface area contributed by atoms with Gasteiger partial charge in [0, 0.05) is 0 Å². The van der Waals surface area contributed by atoms with Crippen LogP contribution < -0.4 is 5.43 Å². The van der Waals surface area contributed by atoms with E-state index in [9.17, 15) is 15.3 Å². The molecular weight excluding hydrogens is 268 g/mol. The van der Waals surface area contributed by atoms with Gasteiger partial charge in [-0.15, -0.1) is 0 Å². The Kier molecular flexibility index (Phi) is 8.60. The average Bonchev–Trinajstić information content (AvgIpc) is 2.35. The van der Waals surface area contributed by atoms with Gasteiger partial charge in [-0.1, -0.05) is 24.0 Å². The highest BCUT2D eigenvalue weighted by atomic mass is 32.2. The molecule has 7 nitrogen and oxygen atoms in total. The van der Waals surface area contributed by atoms with E-state index in [4.69, 9.17) is 22.4 Å². The van der Waals surface area contributed by atoms with E-state index in [1.54, 1.807) is 6.26 Å². The van der Waals surface area contributed by atoms with Crippen molar-refractivity contribution in [2.45, 2.75) is 24.4 Å². The molecule has 0 saturated carbocycles. The topological polar surface area (TPSA) is 126 Å². The number of thioether (sulfide) groups is 1. The van der Waals surface area contributed by atoms with Crippen LogP contribution in [-0.4, -0.2) is 73.3 Å². The van der Waals surface area contributed by atoms with Crippen LogP contribution in [0.5, 0.6) is 0 Å². The van der Waals surface area contributed by atoms with E-state index < -0.39 is 31.0 Å². The molecule has 0 aliphatic carbocycles. The summed E-state index contributed by atoms with van der Waals surface area (Å²) in [6, 6.07) is 0. The van der Waals surface area contributed by atoms with Gasteiger partial charge in [-0.05, 0) is 6.26 Å². The van der Waals surface area contributed by atoms with Crippen LogP contribution >= 0.6 is 24.0 Å². The average molecular weight is 284 g/mol. The van der Waals surface area contributed by atoms with Crippen LogP contribution in [0.15, 0.2) is 5.10 Å². The Hall–Kier alpha value is -0.290. The zero-order valence-electron chi connectivity index (χ0n) is 9.09. The van der Waals surface area contributed by atoms with Gasteiger partial charge in [0.05, 0.1) is 12.8 Å². The van der Waals surface area contributed by atoms with E-state index in [2.05, 4.69) is 10.5 Å². The molecule has 0 aliphatic heterocycles. The summed E-state index contributed by atoms with van der Waals surface area (Å²) in [5.41, 5.74) is 2.40.